The summed E-state index contributed by atoms with van der Waals surface area (Å²) in [6.45, 7) is 1.19. The van der Waals surface area contributed by atoms with Crippen molar-refractivity contribution in [3.8, 4) is 0 Å². The van der Waals surface area contributed by atoms with E-state index in [4.69, 9.17) is 63.1 Å². The number of nitrogens with one attached hydrogen (secondary N) is 10. The topological polar surface area (TPSA) is 664 Å². The number of hydrogen-bond acceptors (Lipinski definition) is 18. The fourth-order valence-electron chi connectivity index (χ4n) is 9.63. The van der Waals surface area contributed by atoms with Crippen LogP contribution in [0.1, 0.15) is 180 Å². The highest BCUT2D eigenvalue weighted by molar-refractivity contribution is 5.97. The lowest BCUT2D eigenvalue weighted by Crippen LogP contribution is -2.58. The van der Waals surface area contributed by atoms with Crippen molar-refractivity contribution in [3.63, 3.8) is 0 Å². The fourth-order valence-corrected chi connectivity index (χ4v) is 9.63. The summed E-state index contributed by atoms with van der Waals surface area (Å²) >= 11 is 0. The first kappa shape index (κ1) is 88.1. The number of carbonyl (C=O) groups is 11. The Morgan fingerprint density at radius 1 is 0.299 bits per heavy atom. The van der Waals surface area contributed by atoms with Crippen LogP contribution in [0.2, 0.25) is 0 Å². The van der Waals surface area contributed by atoms with Gasteiger partial charge in [-0.2, -0.15) is 0 Å². The quantitative estimate of drug-likeness (QED) is 0.0153. The Morgan fingerprint density at radius 2 is 0.567 bits per heavy atom. The van der Waals surface area contributed by atoms with Gasteiger partial charge in [0.25, 0.3) is 0 Å². The number of guanidine groups is 4. The van der Waals surface area contributed by atoms with E-state index in [9.17, 15) is 57.8 Å². The molecular formula is C60H117N25O12. The van der Waals surface area contributed by atoms with Gasteiger partial charge in [-0.3, -0.25) is 67.9 Å². The Kier molecular flexibility index (Phi) is 50.2. The lowest BCUT2D eigenvalue weighted by Gasteiger charge is -2.26. The van der Waals surface area contributed by atoms with E-state index in [2.05, 4.69) is 80.1 Å². The smallest absolute Gasteiger partial charge is 0.326 e. The minimum atomic E-state index is -1.39. The van der Waals surface area contributed by atoms with Gasteiger partial charge in [-0.1, -0.05) is 58.3 Å². The third kappa shape index (κ3) is 46.8. The van der Waals surface area contributed by atoms with Gasteiger partial charge in [0.2, 0.25) is 59.1 Å². The number of aliphatic imine (C=N–C) groups is 4. The van der Waals surface area contributed by atoms with Crippen molar-refractivity contribution in [2.75, 3.05) is 65.4 Å². The summed E-state index contributed by atoms with van der Waals surface area (Å²) in [5, 5.41) is 35.4. The van der Waals surface area contributed by atoms with Crippen LogP contribution in [-0.2, 0) is 52.7 Å². The molecule has 0 aromatic heterocycles. The first-order valence-electron chi connectivity index (χ1n) is 33.7. The molecule has 0 aliphatic rings. The lowest BCUT2D eigenvalue weighted by atomic mass is 10.0. The third-order valence-electron chi connectivity index (χ3n) is 14.9. The maximum atomic E-state index is 14.1. The largest absolute Gasteiger partial charge is 0.480 e. The van der Waals surface area contributed by atoms with Gasteiger partial charge < -0.3 is 121 Å². The molecule has 0 aliphatic carbocycles. The molecule has 0 aliphatic heterocycles. The molecule has 37 nitrogen and oxygen atoms in total. The standard InChI is InChI=1S/C60H117N25O12/c1-2-3-4-5-6-7-8-9-10-28-46(86)79-39(24-17-32-72-57(64)65)50(90)78-38-49(89)81-41(25-18-33-73-58(66)67)52(92)82-40(21-11-14-29-61)51(91)77-36-47(87)76-37-48(88)80-42(26-19-34-74-59(68)69)53(93)84-44(27-20-35-75-60(70)71)54(94)83-43(22-12-15-30-62)55(95)85-45(56(96)97)23-13-16-31-63/h39-45H,2-38,61-63H2,1H3,(H,76,87)(H,77,91)(H,78,90)(H,79,86)(H,80,88)(H,81,89)(H,82,92)(H,83,94)(H,84,93)(H,85,95)(H,96,97)(H4,64,65,72)(H4,66,67,73)(H4,68,69,74)(H4,70,71,75)/t39-,40-,41-,42-,43-,44-,45-/m0/s1. The lowest BCUT2D eigenvalue weighted by molar-refractivity contribution is -0.142. The molecule has 33 N–H and O–H groups in total. The molecule has 97 heavy (non-hydrogen) atoms. The summed E-state index contributed by atoms with van der Waals surface area (Å²) in [6, 6.07) is -8.97. The number of aliphatic carboxylic acids is 1. The molecule has 0 fully saturated rings. The molecule has 7 atom stereocenters. The Hall–Kier alpha value is -8.87. The normalized spacial score (nSPS) is 12.9. The van der Waals surface area contributed by atoms with E-state index >= 15 is 0 Å². The van der Waals surface area contributed by atoms with E-state index in [0.29, 0.717) is 57.9 Å². The highest BCUT2D eigenvalue weighted by atomic mass is 16.4. The number of carboxylic acid groups (broad SMARTS) is 1. The number of rotatable bonds is 58. The van der Waals surface area contributed by atoms with Crippen LogP contribution in [0.15, 0.2) is 20.0 Å². The van der Waals surface area contributed by atoms with Gasteiger partial charge in [-0.15, -0.1) is 0 Å². The number of carboxylic acids is 1. The van der Waals surface area contributed by atoms with Crippen molar-refractivity contribution in [3.05, 3.63) is 0 Å². The predicted molar refractivity (Wildman–Crippen MR) is 370 cm³/mol. The number of nitrogens with two attached hydrogens (primary N) is 11. The zero-order valence-corrected chi connectivity index (χ0v) is 56.8. The molecule has 0 heterocycles. The Labute approximate surface area is 569 Å². The highest BCUT2D eigenvalue weighted by Gasteiger charge is 2.32. The van der Waals surface area contributed by atoms with Crippen molar-refractivity contribution in [2.24, 2.45) is 83.0 Å². The molecule has 0 bridgehead atoms. The number of carbonyl (C=O) groups excluding carboxylic acids is 10. The van der Waals surface area contributed by atoms with Crippen LogP contribution in [0.4, 0.5) is 0 Å². The van der Waals surface area contributed by atoms with Crippen molar-refractivity contribution in [1.29, 1.82) is 0 Å². The van der Waals surface area contributed by atoms with Crippen LogP contribution < -0.4 is 116 Å². The number of unbranched alkanes of at least 4 members (excludes halogenated alkanes) is 11. The summed E-state index contributed by atoms with van der Waals surface area (Å²) in [5.41, 5.74) is 61.0. The second-order valence-corrected chi connectivity index (χ2v) is 23.4. The van der Waals surface area contributed by atoms with Crippen LogP contribution in [-0.4, -0.2) is 202 Å². The van der Waals surface area contributed by atoms with Crippen LogP contribution >= 0.6 is 0 Å². The molecule has 37 heteroatoms. The Balaban J connectivity index is 6.36. The van der Waals surface area contributed by atoms with Gasteiger partial charge in [-0.05, 0) is 135 Å². The van der Waals surface area contributed by atoms with Gasteiger partial charge in [0.1, 0.15) is 42.3 Å². The molecule has 554 valence electrons. The minimum absolute atomic E-state index is 0.0139. The van der Waals surface area contributed by atoms with Crippen molar-refractivity contribution >= 4 is 88.9 Å². The molecule has 0 aromatic rings. The second kappa shape index (κ2) is 55.3. The highest BCUT2D eigenvalue weighted by Crippen LogP contribution is 2.13. The molecule has 0 radical (unpaired) electrons. The summed E-state index contributed by atoms with van der Waals surface area (Å²) in [7, 11) is 0. The zero-order chi connectivity index (χ0) is 72.8. The average Bonchev–Trinajstić information content (AvgIpc) is 1.12. The summed E-state index contributed by atoms with van der Waals surface area (Å²) in [4.78, 5) is 164. The maximum absolute atomic E-state index is 14.1. The maximum Gasteiger partial charge on any atom is 0.326 e. The van der Waals surface area contributed by atoms with Crippen molar-refractivity contribution in [1.82, 2.24) is 53.2 Å². The molecule has 0 saturated carbocycles. The van der Waals surface area contributed by atoms with Gasteiger partial charge in [-0.25, -0.2) is 4.79 Å². The van der Waals surface area contributed by atoms with E-state index in [1.54, 1.807) is 0 Å². The minimum Gasteiger partial charge on any atom is -0.480 e. The molecule has 0 rings (SSSR count). The van der Waals surface area contributed by atoms with E-state index in [1.165, 1.54) is 25.7 Å². The molecule has 0 unspecified atom stereocenters. The van der Waals surface area contributed by atoms with Gasteiger partial charge in [0, 0.05) is 32.6 Å². The first-order valence-corrected chi connectivity index (χ1v) is 33.7. The van der Waals surface area contributed by atoms with E-state index in [1.807, 2.05) is 0 Å². The SMILES string of the molecule is CCCCCCCCCCCC(=O)N[C@@H](CCCN=C(N)N)C(=O)NCC(=O)N[C@@H](CCCN=C(N)N)C(=O)N[C@@H](CCCCN)C(=O)NCC(=O)NCC(=O)N[C@@H](CCCN=C(N)N)C(=O)N[C@@H](CCCN=C(N)N)C(=O)N[C@@H](CCCCN)C(=O)N[C@@H](CCCCN)C(=O)O. The average molecular weight is 1380 g/mol. The number of amides is 10. The van der Waals surface area contributed by atoms with E-state index in [0.717, 1.165) is 25.7 Å². The van der Waals surface area contributed by atoms with E-state index in [-0.39, 0.29) is 140 Å². The van der Waals surface area contributed by atoms with Crippen molar-refractivity contribution < 1.29 is 57.8 Å². The van der Waals surface area contributed by atoms with Gasteiger partial charge in [0.15, 0.2) is 23.8 Å². The number of hydrogen-bond donors (Lipinski definition) is 22. The Bertz CT molecular complexity index is 2490. The second-order valence-electron chi connectivity index (χ2n) is 23.4. The summed E-state index contributed by atoms with van der Waals surface area (Å²) < 4.78 is 0. The van der Waals surface area contributed by atoms with Gasteiger partial charge >= 0.3 is 5.97 Å². The van der Waals surface area contributed by atoms with Crippen LogP contribution in [0.3, 0.4) is 0 Å². The molecule has 0 aromatic carbocycles. The van der Waals surface area contributed by atoms with Crippen LogP contribution in [0, 0.1) is 0 Å². The monoisotopic (exact) mass is 1380 g/mol. The molecule has 0 saturated heterocycles. The summed E-state index contributed by atoms with van der Waals surface area (Å²) in [6.07, 6.45) is 12.9. The number of nitrogens with zero attached hydrogens (tertiary/aromatic N) is 4. The van der Waals surface area contributed by atoms with Crippen LogP contribution in [0.5, 0.6) is 0 Å². The Morgan fingerprint density at radius 3 is 0.907 bits per heavy atom. The van der Waals surface area contributed by atoms with Crippen molar-refractivity contribution in [2.45, 2.75) is 223 Å². The zero-order valence-electron chi connectivity index (χ0n) is 56.8. The van der Waals surface area contributed by atoms with Crippen LogP contribution in [0.25, 0.3) is 0 Å². The summed E-state index contributed by atoms with van der Waals surface area (Å²) in [5.74, 6) is -9.88. The van der Waals surface area contributed by atoms with Gasteiger partial charge in [0.05, 0.1) is 19.6 Å². The first-order chi connectivity index (χ1) is 46.3. The van der Waals surface area contributed by atoms with E-state index < -0.39 is 121 Å². The fraction of sp³-hybridized carbons (Fsp3) is 0.750. The molecular weight excluding hydrogens is 1260 g/mol. The predicted octanol–water partition coefficient (Wildman–Crippen LogP) is -5.66. The molecule has 10 amide bonds. The molecule has 0 spiro atoms. The third-order valence-corrected chi connectivity index (χ3v) is 14.9.